The van der Waals surface area contributed by atoms with E-state index in [1.807, 2.05) is 0 Å². The molecular weight excluding hydrogens is 366 g/mol. The molecular formula is C15H27N3O7S. The quantitative estimate of drug-likeness (QED) is 0.485. The van der Waals surface area contributed by atoms with E-state index >= 15 is 0 Å². The number of carboxylic acids is 1. The van der Waals surface area contributed by atoms with E-state index in [2.05, 4.69) is 5.32 Å². The number of likely N-dealkylation sites (tertiary alicyclic amines) is 1. The lowest BCUT2D eigenvalue weighted by molar-refractivity contribution is -0.148. The number of alkyl carbamates (subject to hydrolysis) is 1. The highest BCUT2D eigenvalue weighted by Gasteiger charge is 2.38. The smallest absolute Gasteiger partial charge is 0.407 e. The monoisotopic (exact) mass is 393 g/mol. The molecule has 0 spiro atoms. The first-order valence-corrected chi connectivity index (χ1v) is 9.99. The van der Waals surface area contributed by atoms with Crippen LogP contribution in [-0.4, -0.2) is 66.9 Å². The number of amides is 2. The van der Waals surface area contributed by atoms with Crippen molar-refractivity contribution in [3.63, 3.8) is 0 Å². The lowest BCUT2D eigenvalue weighted by Crippen LogP contribution is -2.43. The number of rotatable bonds is 8. The number of carboxylic acid groups (broad SMARTS) is 1. The van der Waals surface area contributed by atoms with Gasteiger partial charge < -0.3 is 20.1 Å². The molecule has 1 heterocycles. The Morgan fingerprint density at radius 1 is 1.42 bits per heavy atom. The van der Waals surface area contributed by atoms with Gasteiger partial charge in [-0.1, -0.05) is 0 Å². The molecule has 0 aromatic rings. The van der Waals surface area contributed by atoms with E-state index in [0.717, 1.165) is 0 Å². The highest BCUT2D eigenvalue weighted by Crippen LogP contribution is 2.23. The Balaban J connectivity index is 2.53. The minimum Gasteiger partial charge on any atom is -0.480 e. The van der Waals surface area contributed by atoms with E-state index in [-0.39, 0.29) is 31.7 Å². The van der Waals surface area contributed by atoms with Crippen molar-refractivity contribution >= 4 is 28.0 Å². The van der Waals surface area contributed by atoms with Gasteiger partial charge in [0.25, 0.3) is 0 Å². The summed E-state index contributed by atoms with van der Waals surface area (Å²) < 4.78 is 27.4. The Kier molecular flexibility index (Phi) is 7.39. The maximum atomic E-state index is 12.1. The number of ether oxygens (including phenoxy) is 1. The summed E-state index contributed by atoms with van der Waals surface area (Å²) >= 11 is 0. The molecule has 10 nitrogen and oxygen atoms in total. The third kappa shape index (κ3) is 8.00. The van der Waals surface area contributed by atoms with Gasteiger partial charge in [0.15, 0.2) is 0 Å². The Bertz CT molecular complexity index is 642. The first-order valence-electron chi connectivity index (χ1n) is 8.28. The van der Waals surface area contributed by atoms with Crippen molar-refractivity contribution in [3.8, 4) is 0 Å². The first-order chi connectivity index (χ1) is 11.8. The molecule has 1 aliphatic rings. The molecule has 1 unspecified atom stereocenters. The molecule has 0 bridgehead atoms. The summed E-state index contributed by atoms with van der Waals surface area (Å²) in [6.45, 7) is 5.41. The van der Waals surface area contributed by atoms with Crippen LogP contribution >= 0.6 is 0 Å². The second kappa shape index (κ2) is 8.67. The summed E-state index contributed by atoms with van der Waals surface area (Å²) in [6.07, 6.45) is -0.204. The molecule has 0 aliphatic carbocycles. The van der Waals surface area contributed by atoms with Gasteiger partial charge in [0.1, 0.15) is 11.6 Å². The molecule has 0 saturated carbocycles. The maximum Gasteiger partial charge on any atom is 0.407 e. The van der Waals surface area contributed by atoms with E-state index in [0.29, 0.717) is 6.42 Å². The Morgan fingerprint density at radius 2 is 2.04 bits per heavy atom. The average molecular weight is 393 g/mol. The number of hydrogen-bond donors (Lipinski definition) is 3. The number of hydrogen-bond acceptors (Lipinski definition) is 6. The number of carbonyl (C=O) groups is 3. The van der Waals surface area contributed by atoms with Gasteiger partial charge in [-0.05, 0) is 33.6 Å². The van der Waals surface area contributed by atoms with Crippen LogP contribution in [0.1, 0.15) is 40.0 Å². The topological polar surface area (TPSA) is 156 Å². The van der Waals surface area contributed by atoms with E-state index in [1.165, 1.54) is 4.90 Å². The minimum atomic E-state index is -3.73. The van der Waals surface area contributed by atoms with Gasteiger partial charge in [-0.3, -0.25) is 4.79 Å². The molecule has 0 aromatic heterocycles. The molecule has 150 valence electrons. The van der Waals surface area contributed by atoms with Crippen LogP contribution in [0.15, 0.2) is 0 Å². The van der Waals surface area contributed by atoms with Gasteiger partial charge >= 0.3 is 12.1 Å². The highest BCUT2D eigenvalue weighted by atomic mass is 32.2. The highest BCUT2D eigenvalue weighted by molar-refractivity contribution is 7.89. The normalized spacial score (nSPS) is 19.3. The molecule has 0 aromatic carbocycles. The Labute approximate surface area is 153 Å². The summed E-state index contributed by atoms with van der Waals surface area (Å²) in [5, 5.41) is 16.9. The van der Waals surface area contributed by atoms with Crippen molar-refractivity contribution in [1.29, 1.82) is 0 Å². The molecule has 26 heavy (non-hydrogen) atoms. The summed E-state index contributed by atoms with van der Waals surface area (Å²) in [6, 6.07) is -1.08. The van der Waals surface area contributed by atoms with E-state index in [1.54, 1.807) is 20.8 Å². The predicted octanol–water partition coefficient (Wildman–Crippen LogP) is -0.118. The lowest BCUT2D eigenvalue weighted by atomic mass is 10.1. The maximum absolute atomic E-state index is 12.1. The van der Waals surface area contributed by atoms with E-state index in [9.17, 15) is 27.9 Å². The summed E-state index contributed by atoms with van der Waals surface area (Å²) in [7, 11) is -3.73. The molecule has 11 heteroatoms. The first kappa shape index (κ1) is 22.2. The zero-order chi connectivity index (χ0) is 20.1. The van der Waals surface area contributed by atoms with Crippen LogP contribution < -0.4 is 10.5 Å². The largest absolute Gasteiger partial charge is 0.480 e. The lowest BCUT2D eigenvalue weighted by Gasteiger charge is -2.25. The number of nitrogens with one attached hydrogen (secondary N) is 1. The van der Waals surface area contributed by atoms with Crippen molar-refractivity contribution in [2.45, 2.75) is 51.7 Å². The van der Waals surface area contributed by atoms with Crippen LogP contribution in [0.3, 0.4) is 0 Å². The standard InChI is InChI=1S/C15H27N3O7S/c1-15(2,3)25-14(22)17-6-4-5-11(13(20)21)18-8-10(7-12(18)19)9-26(16,23)24/h10-11H,4-9H2,1-3H3,(H,17,22)(H,20,21)(H2,16,23,24)/t10?,11-/m0/s1. The van der Waals surface area contributed by atoms with Gasteiger partial charge in [0.05, 0.1) is 5.75 Å². The molecule has 0 radical (unpaired) electrons. The number of aliphatic carboxylic acids is 1. The predicted molar refractivity (Wildman–Crippen MR) is 92.7 cm³/mol. The zero-order valence-corrected chi connectivity index (χ0v) is 16.0. The van der Waals surface area contributed by atoms with Gasteiger partial charge in [0.2, 0.25) is 15.9 Å². The molecule has 1 rings (SSSR count). The fraction of sp³-hybridized carbons (Fsp3) is 0.800. The average Bonchev–Trinajstić information content (AvgIpc) is 2.74. The second-order valence-corrected chi connectivity index (χ2v) is 9.03. The minimum absolute atomic E-state index is 0.0335. The molecule has 1 fully saturated rings. The second-order valence-electron chi connectivity index (χ2n) is 7.37. The summed E-state index contributed by atoms with van der Waals surface area (Å²) in [5.74, 6) is -2.46. The van der Waals surface area contributed by atoms with Gasteiger partial charge in [-0.2, -0.15) is 0 Å². The number of sulfonamides is 1. The summed E-state index contributed by atoms with van der Waals surface area (Å²) in [5.41, 5.74) is -0.631. The third-order valence-corrected chi connectivity index (χ3v) is 4.63. The van der Waals surface area contributed by atoms with Crippen LogP contribution in [0.2, 0.25) is 0 Å². The van der Waals surface area contributed by atoms with Crippen molar-refractivity contribution in [3.05, 3.63) is 0 Å². The number of primary sulfonamides is 1. The van der Waals surface area contributed by atoms with Crippen molar-refractivity contribution < 1.29 is 32.6 Å². The number of nitrogens with two attached hydrogens (primary N) is 1. The molecule has 1 saturated heterocycles. The van der Waals surface area contributed by atoms with Crippen molar-refractivity contribution in [2.75, 3.05) is 18.8 Å². The third-order valence-electron chi connectivity index (χ3n) is 3.69. The fourth-order valence-corrected chi connectivity index (χ4v) is 3.64. The van der Waals surface area contributed by atoms with Crippen molar-refractivity contribution in [1.82, 2.24) is 10.2 Å². The van der Waals surface area contributed by atoms with E-state index in [4.69, 9.17) is 9.88 Å². The molecule has 4 N–H and O–H groups in total. The molecule has 2 amide bonds. The fourth-order valence-electron chi connectivity index (χ4n) is 2.76. The molecule has 2 atom stereocenters. The number of nitrogens with zero attached hydrogens (tertiary/aromatic N) is 1. The van der Waals surface area contributed by atoms with Gasteiger partial charge in [0, 0.05) is 25.4 Å². The Hall–Kier alpha value is -1.88. The van der Waals surface area contributed by atoms with Gasteiger partial charge in [-0.15, -0.1) is 0 Å². The SMILES string of the molecule is CC(C)(C)OC(=O)NCCC[C@@H](C(=O)O)N1CC(CS(N)(=O)=O)CC1=O. The zero-order valence-electron chi connectivity index (χ0n) is 15.2. The van der Waals surface area contributed by atoms with Crippen LogP contribution in [-0.2, 0) is 24.3 Å². The Morgan fingerprint density at radius 3 is 2.54 bits per heavy atom. The van der Waals surface area contributed by atoms with E-state index < -0.39 is 45.6 Å². The van der Waals surface area contributed by atoms with Gasteiger partial charge in [-0.25, -0.2) is 23.1 Å². The van der Waals surface area contributed by atoms with Crippen LogP contribution in [0.5, 0.6) is 0 Å². The number of carbonyl (C=O) groups excluding carboxylic acids is 2. The molecule has 1 aliphatic heterocycles. The summed E-state index contributed by atoms with van der Waals surface area (Å²) in [4.78, 5) is 36.3. The van der Waals surface area contributed by atoms with Crippen molar-refractivity contribution in [2.24, 2.45) is 11.1 Å². The van der Waals surface area contributed by atoms with Crippen LogP contribution in [0.4, 0.5) is 4.79 Å². The van der Waals surface area contributed by atoms with Crippen LogP contribution in [0.25, 0.3) is 0 Å². The van der Waals surface area contributed by atoms with Crippen LogP contribution in [0, 0.1) is 5.92 Å².